The highest BCUT2D eigenvalue weighted by atomic mass is 35.5. The van der Waals surface area contributed by atoms with Crippen LogP contribution in [0.2, 0.25) is 5.02 Å². The van der Waals surface area contributed by atoms with Crippen molar-refractivity contribution in [3.63, 3.8) is 0 Å². The predicted molar refractivity (Wildman–Crippen MR) is 91.1 cm³/mol. The van der Waals surface area contributed by atoms with Gasteiger partial charge in [0, 0.05) is 27.9 Å². The molecule has 6 heteroatoms. The van der Waals surface area contributed by atoms with Crippen molar-refractivity contribution in [1.82, 2.24) is 9.97 Å². The summed E-state index contributed by atoms with van der Waals surface area (Å²) in [4.78, 5) is 8.87. The van der Waals surface area contributed by atoms with Gasteiger partial charge in [0.05, 0.1) is 11.3 Å². The van der Waals surface area contributed by atoms with Crippen LogP contribution in [0.4, 0.5) is 0 Å². The molecule has 0 fully saturated rings. The molecule has 3 rings (SSSR count). The number of nitrogens with zero attached hydrogens (tertiary/aromatic N) is 3. The molecule has 0 N–H and O–H groups in total. The number of thioether (sulfide) groups is 1. The summed E-state index contributed by atoms with van der Waals surface area (Å²) in [5, 5.41) is 13.5. The molecule has 3 aromatic rings. The summed E-state index contributed by atoms with van der Waals surface area (Å²) in [6, 6.07) is 13.3. The van der Waals surface area contributed by atoms with Gasteiger partial charge >= 0.3 is 0 Å². The summed E-state index contributed by atoms with van der Waals surface area (Å²) >= 11 is 9.02. The van der Waals surface area contributed by atoms with Gasteiger partial charge in [-0.2, -0.15) is 5.26 Å². The molecule has 0 radical (unpaired) electrons. The van der Waals surface area contributed by atoms with Crippen LogP contribution in [0.25, 0.3) is 10.6 Å². The van der Waals surface area contributed by atoms with Crippen molar-refractivity contribution in [3.05, 3.63) is 64.3 Å². The molecular weight excluding hydrogens is 334 g/mol. The van der Waals surface area contributed by atoms with E-state index >= 15 is 0 Å². The molecular formula is C16H10ClN3S2. The molecule has 108 valence electrons. The lowest BCUT2D eigenvalue weighted by molar-refractivity contribution is 1.10. The lowest BCUT2D eigenvalue weighted by Crippen LogP contribution is -1.87. The Morgan fingerprint density at radius 2 is 2.05 bits per heavy atom. The fraction of sp³-hybridized carbons (Fsp3) is 0.0625. The maximum Gasteiger partial charge on any atom is 0.123 e. The molecule has 0 saturated carbocycles. The van der Waals surface area contributed by atoms with Crippen molar-refractivity contribution in [3.8, 4) is 16.6 Å². The molecule has 22 heavy (non-hydrogen) atoms. The van der Waals surface area contributed by atoms with E-state index < -0.39 is 0 Å². The minimum atomic E-state index is 0.598. The number of hydrogen-bond acceptors (Lipinski definition) is 5. The zero-order chi connectivity index (χ0) is 15.4. The van der Waals surface area contributed by atoms with Gasteiger partial charge < -0.3 is 0 Å². The average Bonchev–Trinajstić information content (AvgIpc) is 3.03. The Labute approximate surface area is 141 Å². The highest BCUT2D eigenvalue weighted by molar-refractivity contribution is 7.98. The summed E-state index contributed by atoms with van der Waals surface area (Å²) in [5.74, 6) is 0.690. The molecule has 2 heterocycles. The quantitative estimate of drug-likeness (QED) is 0.624. The fourth-order valence-corrected chi connectivity index (χ4v) is 3.73. The van der Waals surface area contributed by atoms with Gasteiger partial charge in [-0.05, 0) is 24.3 Å². The number of pyridine rings is 1. The van der Waals surface area contributed by atoms with E-state index in [0.29, 0.717) is 11.3 Å². The summed E-state index contributed by atoms with van der Waals surface area (Å²) < 4.78 is 0. The zero-order valence-corrected chi connectivity index (χ0v) is 13.8. The summed E-state index contributed by atoms with van der Waals surface area (Å²) in [6.07, 6.45) is 1.70. The van der Waals surface area contributed by atoms with Crippen molar-refractivity contribution in [2.45, 2.75) is 10.8 Å². The minimum Gasteiger partial charge on any atom is -0.249 e. The van der Waals surface area contributed by atoms with E-state index in [1.54, 1.807) is 29.7 Å². The number of thiazole rings is 1. The van der Waals surface area contributed by atoms with E-state index in [9.17, 15) is 0 Å². The van der Waals surface area contributed by atoms with E-state index in [2.05, 4.69) is 16.0 Å². The van der Waals surface area contributed by atoms with Crippen LogP contribution >= 0.6 is 34.7 Å². The number of halogens is 1. The first-order valence-electron chi connectivity index (χ1n) is 6.44. The summed E-state index contributed by atoms with van der Waals surface area (Å²) in [5.41, 5.74) is 2.64. The van der Waals surface area contributed by atoms with Gasteiger partial charge in [-0.15, -0.1) is 11.3 Å². The maximum atomic E-state index is 9.06. The summed E-state index contributed by atoms with van der Waals surface area (Å²) in [6.45, 7) is 0. The summed E-state index contributed by atoms with van der Waals surface area (Å²) in [7, 11) is 0. The van der Waals surface area contributed by atoms with Crippen LogP contribution in [0, 0.1) is 11.3 Å². The minimum absolute atomic E-state index is 0.598. The van der Waals surface area contributed by atoms with Crippen molar-refractivity contribution in [2.24, 2.45) is 0 Å². The first-order valence-corrected chi connectivity index (χ1v) is 8.69. The highest BCUT2D eigenvalue weighted by Gasteiger charge is 2.08. The Morgan fingerprint density at radius 3 is 2.82 bits per heavy atom. The standard InChI is InChI=1S/C16H10ClN3S2/c17-13-5-3-11(4-6-13)16-20-14(10-22-16)9-21-15-12(8-18)2-1-7-19-15/h1-7,10H,9H2. The van der Waals surface area contributed by atoms with Gasteiger partial charge in [0.1, 0.15) is 16.1 Å². The van der Waals surface area contributed by atoms with Gasteiger partial charge in [-0.25, -0.2) is 9.97 Å². The molecule has 0 aliphatic heterocycles. The molecule has 3 nitrogen and oxygen atoms in total. The number of hydrogen-bond donors (Lipinski definition) is 0. The van der Waals surface area contributed by atoms with Gasteiger partial charge in [-0.1, -0.05) is 35.5 Å². The largest absolute Gasteiger partial charge is 0.249 e. The molecule has 0 aliphatic rings. The van der Waals surface area contributed by atoms with Crippen LogP contribution in [-0.4, -0.2) is 9.97 Å². The van der Waals surface area contributed by atoms with Crippen LogP contribution in [0.5, 0.6) is 0 Å². The van der Waals surface area contributed by atoms with E-state index in [1.807, 2.05) is 29.6 Å². The topological polar surface area (TPSA) is 49.6 Å². The Morgan fingerprint density at radius 1 is 1.23 bits per heavy atom. The molecule has 0 unspecified atom stereocenters. The van der Waals surface area contributed by atoms with Crippen LogP contribution in [-0.2, 0) is 5.75 Å². The molecule has 0 amide bonds. The highest BCUT2D eigenvalue weighted by Crippen LogP contribution is 2.28. The number of aromatic nitrogens is 2. The Hall–Kier alpha value is -1.87. The van der Waals surface area contributed by atoms with Crippen molar-refractivity contribution < 1.29 is 0 Å². The van der Waals surface area contributed by atoms with E-state index in [-0.39, 0.29) is 0 Å². The smallest absolute Gasteiger partial charge is 0.123 e. The third-order valence-electron chi connectivity index (χ3n) is 2.89. The van der Waals surface area contributed by atoms with E-state index in [0.717, 1.165) is 26.3 Å². The van der Waals surface area contributed by atoms with E-state index in [4.69, 9.17) is 16.9 Å². The third kappa shape index (κ3) is 3.47. The molecule has 0 aliphatic carbocycles. The van der Waals surface area contributed by atoms with Gasteiger partial charge in [-0.3, -0.25) is 0 Å². The lowest BCUT2D eigenvalue weighted by atomic mass is 10.2. The molecule has 0 bridgehead atoms. The number of nitriles is 1. The van der Waals surface area contributed by atoms with Crippen molar-refractivity contribution in [2.75, 3.05) is 0 Å². The number of rotatable bonds is 4. The molecule has 0 saturated heterocycles. The second-order valence-electron chi connectivity index (χ2n) is 4.41. The van der Waals surface area contributed by atoms with Gasteiger partial charge in [0.25, 0.3) is 0 Å². The van der Waals surface area contributed by atoms with Crippen LogP contribution < -0.4 is 0 Å². The van der Waals surface area contributed by atoms with Crippen LogP contribution in [0.1, 0.15) is 11.3 Å². The van der Waals surface area contributed by atoms with Crippen molar-refractivity contribution in [1.29, 1.82) is 5.26 Å². The molecule has 0 spiro atoms. The average molecular weight is 344 g/mol. The normalized spacial score (nSPS) is 10.4. The zero-order valence-electron chi connectivity index (χ0n) is 11.4. The Balaban J connectivity index is 1.72. The molecule has 1 aromatic carbocycles. The monoisotopic (exact) mass is 343 g/mol. The Bertz CT molecular complexity index is 822. The van der Waals surface area contributed by atoms with E-state index in [1.165, 1.54) is 11.8 Å². The third-order valence-corrected chi connectivity index (χ3v) is 5.12. The fourth-order valence-electron chi connectivity index (χ4n) is 1.83. The second kappa shape index (κ2) is 6.93. The van der Waals surface area contributed by atoms with Gasteiger partial charge in [0.2, 0.25) is 0 Å². The second-order valence-corrected chi connectivity index (χ2v) is 6.67. The first-order chi connectivity index (χ1) is 10.8. The first kappa shape index (κ1) is 15.0. The van der Waals surface area contributed by atoms with Gasteiger partial charge in [0.15, 0.2) is 0 Å². The lowest BCUT2D eigenvalue weighted by Gasteiger charge is -2.00. The van der Waals surface area contributed by atoms with Crippen molar-refractivity contribution >= 4 is 34.7 Å². The SMILES string of the molecule is N#Cc1cccnc1SCc1csc(-c2ccc(Cl)cc2)n1. The molecule has 2 aromatic heterocycles. The predicted octanol–water partition coefficient (Wildman–Crippen LogP) is 5.02. The maximum absolute atomic E-state index is 9.06. The molecule has 0 atom stereocenters. The van der Waals surface area contributed by atoms with Crippen LogP contribution in [0.3, 0.4) is 0 Å². The van der Waals surface area contributed by atoms with Crippen LogP contribution in [0.15, 0.2) is 53.0 Å². The Kier molecular flexibility index (Phi) is 4.74. The number of benzene rings is 1.